The summed E-state index contributed by atoms with van der Waals surface area (Å²) in [5.41, 5.74) is 0.148. The fraction of sp³-hybridized carbons (Fsp3) is 0.647. The van der Waals surface area contributed by atoms with Crippen molar-refractivity contribution in [2.24, 2.45) is 17.8 Å². The second-order valence-corrected chi connectivity index (χ2v) is 6.27. The minimum atomic E-state index is -1.13. The van der Waals surface area contributed by atoms with Crippen LogP contribution in [0.1, 0.15) is 43.7 Å². The molecule has 1 unspecified atom stereocenters. The van der Waals surface area contributed by atoms with Crippen LogP contribution in [0, 0.1) is 29.4 Å². The van der Waals surface area contributed by atoms with Gasteiger partial charge in [0.2, 0.25) is 0 Å². The average molecular weight is 302 g/mol. The molecular formula is C17H22F4. The molecule has 21 heavy (non-hydrogen) atoms. The van der Waals surface area contributed by atoms with E-state index in [1.54, 1.807) is 0 Å². The van der Waals surface area contributed by atoms with Gasteiger partial charge in [-0.25, -0.2) is 13.2 Å². The predicted octanol–water partition coefficient (Wildman–Crippen LogP) is 5.39. The van der Waals surface area contributed by atoms with Crippen LogP contribution >= 0.6 is 0 Å². The SMILES string of the molecule is CC1CCC(C(CF)Cc2ccc(F)c(F)c2CF)CC1. The molecule has 1 atom stereocenters. The van der Waals surface area contributed by atoms with Crippen LogP contribution in [0.2, 0.25) is 0 Å². The van der Waals surface area contributed by atoms with Crippen molar-refractivity contribution in [2.75, 3.05) is 6.67 Å². The number of benzene rings is 1. The predicted molar refractivity (Wildman–Crippen MR) is 75.5 cm³/mol. The van der Waals surface area contributed by atoms with E-state index in [1.165, 1.54) is 6.07 Å². The van der Waals surface area contributed by atoms with Gasteiger partial charge in [-0.2, -0.15) is 0 Å². The van der Waals surface area contributed by atoms with Crippen LogP contribution in [0.4, 0.5) is 17.6 Å². The Kier molecular flexibility index (Phi) is 5.65. The van der Waals surface area contributed by atoms with Gasteiger partial charge in [0, 0.05) is 5.56 Å². The van der Waals surface area contributed by atoms with Crippen LogP contribution in [-0.4, -0.2) is 6.67 Å². The monoisotopic (exact) mass is 302 g/mol. The molecule has 0 nitrogen and oxygen atoms in total. The Bertz CT molecular complexity index is 464. The minimum Gasteiger partial charge on any atom is -0.251 e. The summed E-state index contributed by atoms with van der Waals surface area (Å²) in [5, 5.41) is 0. The molecule has 0 spiro atoms. The molecule has 0 heterocycles. The number of hydrogen-bond donors (Lipinski definition) is 0. The lowest BCUT2D eigenvalue weighted by Gasteiger charge is -2.31. The molecule has 0 aromatic heterocycles. The quantitative estimate of drug-likeness (QED) is 0.640. The molecule has 1 aliphatic carbocycles. The first-order valence-electron chi connectivity index (χ1n) is 7.64. The molecule has 1 aliphatic rings. The van der Waals surface area contributed by atoms with E-state index < -0.39 is 25.0 Å². The van der Waals surface area contributed by atoms with Crippen molar-refractivity contribution in [2.45, 2.75) is 45.7 Å². The van der Waals surface area contributed by atoms with Crippen LogP contribution in [0.5, 0.6) is 0 Å². The van der Waals surface area contributed by atoms with Crippen LogP contribution in [0.3, 0.4) is 0 Å². The molecule has 1 aromatic rings. The zero-order valence-corrected chi connectivity index (χ0v) is 12.3. The number of hydrogen-bond acceptors (Lipinski definition) is 0. The van der Waals surface area contributed by atoms with Crippen molar-refractivity contribution >= 4 is 0 Å². The summed E-state index contributed by atoms with van der Waals surface area (Å²) >= 11 is 0. The van der Waals surface area contributed by atoms with Gasteiger partial charge in [-0.05, 0) is 48.6 Å². The first-order chi connectivity index (χ1) is 10.1. The Morgan fingerprint density at radius 2 is 1.76 bits per heavy atom. The van der Waals surface area contributed by atoms with Gasteiger partial charge >= 0.3 is 0 Å². The maximum Gasteiger partial charge on any atom is 0.164 e. The molecule has 2 rings (SSSR count). The Balaban J connectivity index is 2.13. The highest BCUT2D eigenvalue weighted by atomic mass is 19.2. The molecule has 1 saturated carbocycles. The number of alkyl halides is 2. The maximum absolute atomic E-state index is 13.6. The molecule has 0 radical (unpaired) electrons. The summed E-state index contributed by atoms with van der Waals surface area (Å²) < 4.78 is 53.1. The molecule has 1 fully saturated rings. The van der Waals surface area contributed by atoms with Gasteiger partial charge < -0.3 is 0 Å². The Hall–Kier alpha value is -1.06. The zero-order chi connectivity index (χ0) is 15.4. The second-order valence-electron chi connectivity index (χ2n) is 6.27. The highest BCUT2D eigenvalue weighted by molar-refractivity contribution is 5.29. The molecule has 1 aromatic carbocycles. The van der Waals surface area contributed by atoms with Crippen LogP contribution in [0.15, 0.2) is 12.1 Å². The smallest absolute Gasteiger partial charge is 0.164 e. The van der Waals surface area contributed by atoms with Crippen molar-refractivity contribution in [3.8, 4) is 0 Å². The van der Waals surface area contributed by atoms with Crippen molar-refractivity contribution in [3.63, 3.8) is 0 Å². The summed E-state index contributed by atoms with van der Waals surface area (Å²) in [5.74, 6) is -1.48. The van der Waals surface area contributed by atoms with E-state index >= 15 is 0 Å². The zero-order valence-electron chi connectivity index (χ0n) is 12.3. The molecule has 4 heteroatoms. The van der Waals surface area contributed by atoms with Crippen molar-refractivity contribution in [1.82, 2.24) is 0 Å². The molecule has 0 aliphatic heterocycles. The normalized spacial score (nSPS) is 24.0. The summed E-state index contributed by atoms with van der Waals surface area (Å²) in [6, 6.07) is 2.39. The molecule has 0 amide bonds. The van der Waals surface area contributed by atoms with Gasteiger partial charge in [0.1, 0.15) is 6.67 Å². The van der Waals surface area contributed by atoms with Gasteiger partial charge in [0.15, 0.2) is 11.6 Å². The number of rotatable bonds is 5. The van der Waals surface area contributed by atoms with Crippen molar-refractivity contribution in [3.05, 3.63) is 34.9 Å². The highest BCUT2D eigenvalue weighted by Gasteiger charge is 2.27. The van der Waals surface area contributed by atoms with E-state index in [4.69, 9.17) is 0 Å². The van der Waals surface area contributed by atoms with E-state index in [0.29, 0.717) is 11.5 Å². The summed E-state index contributed by atoms with van der Waals surface area (Å²) in [6.07, 6.45) is 4.37. The average Bonchev–Trinajstić information content (AvgIpc) is 2.49. The Morgan fingerprint density at radius 1 is 1.10 bits per heavy atom. The molecular weight excluding hydrogens is 280 g/mol. The topological polar surface area (TPSA) is 0 Å². The molecule has 0 N–H and O–H groups in total. The summed E-state index contributed by atoms with van der Waals surface area (Å²) in [4.78, 5) is 0. The van der Waals surface area contributed by atoms with E-state index in [9.17, 15) is 17.6 Å². The maximum atomic E-state index is 13.6. The highest BCUT2D eigenvalue weighted by Crippen LogP contribution is 2.35. The van der Waals surface area contributed by atoms with Gasteiger partial charge in [-0.15, -0.1) is 0 Å². The lowest BCUT2D eigenvalue weighted by atomic mass is 9.74. The Morgan fingerprint density at radius 3 is 2.33 bits per heavy atom. The Labute approximate surface area is 123 Å². The van der Waals surface area contributed by atoms with E-state index in [1.807, 2.05) is 0 Å². The summed E-state index contributed by atoms with van der Waals surface area (Å²) in [6.45, 7) is 0.640. The second kappa shape index (κ2) is 7.28. The third kappa shape index (κ3) is 3.78. The first kappa shape index (κ1) is 16.3. The standard InChI is InChI=1S/C17H22F4/c1-11-2-4-12(5-3-11)14(9-18)8-13-6-7-16(20)17(21)15(13)10-19/h6-7,11-12,14H,2-5,8-10H2,1H3. The van der Waals surface area contributed by atoms with Gasteiger partial charge in [0.05, 0.1) is 6.67 Å². The largest absolute Gasteiger partial charge is 0.251 e. The van der Waals surface area contributed by atoms with Crippen LogP contribution < -0.4 is 0 Å². The number of halogens is 4. The molecule has 0 saturated heterocycles. The lowest BCUT2D eigenvalue weighted by Crippen LogP contribution is -2.24. The van der Waals surface area contributed by atoms with Gasteiger partial charge in [-0.1, -0.05) is 25.8 Å². The minimum absolute atomic E-state index is 0.229. The fourth-order valence-corrected chi connectivity index (χ4v) is 3.36. The first-order valence-corrected chi connectivity index (χ1v) is 7.64. The fourth-order valence-electron chi connectivity index (χ4n) is 3.36. The van der Waals surface area contributed by atoms with Crippen molar-refractivity contribution < 1.29 is 17.6 Å². The van der Waals surface area contributed by atoms with Gasteiger partial charge in [0.25, 0.3) is 0 Å². The van der Waals surface area contributed by atoms with Crippen molar-refractivity contribution in [1.29, 1.82) is 0 Å². The molecule has 118 valence electrons. The summed E-state index contributed by atoms with van der Waals surface area (Å²) in [7, 11) is 0. The third-order valence-electron chi connectivity index (χ3n) is 4.83. The van der Waals surface area contributed by atoms with Gasteiger partial charge in [-0.3, -0.25) is 4.39 Å². The third-order valence-corrected chi connectivity index (χ3v) is 4.83. The van der Waals surface area contributed by atoms with E-state index in [2.05, 4.69) is 6.92 Å². The van der Waals surface area contributed by atoms with Crippen LogP contribution in [0.25, 0.3) is 0 Å². The molecule has 0 bridgehead atoms. The van der Waals surface area contributed by atoms with Crippen LogP contribution in [-0.2, 0) is 13.1 Å². The van der Waals surface area contributed by atoms with E-state index in [0.717, 1.165) is 31.7 Å². The lowest BCUT2D eigenvalue weighted by molar-refractivity contribution is 0.180. The van der Waals surface area contributed by atoms with E-state index in [-0.39, 0.29) is 23.8 Å².